The monoisotopic (exact) mass is 497 g/mol. The van der Waals surface area contributed by atoms with Crippen molar-refractivity contribution >= 4 is 11.8 Å². The molecule has 0 radical (unpaired) electrons. The molecule has 0 spiro atoms. The molecule has 3 atom stereocenters. The number of benzene rings is 1. The van der Waals surface area contributed by atoms with Gasteiger partial charge in [0.05, 0.1) is 17.8 Å². The van der Waals surface area contributed by atoms with Crippen LogP contribution < -0.4 is 15.4 Å². The van der Waals surface area contributed by atoms with Crippen molar-refractivity contribution in [2.24, 2.45) is 5.92 Å². The van der Waals surface area contributed by atoms with Gasteiger partial charge in [0, 0.05) is 12.6 Å². The van der Waals surface area contributed by atoms with Crippen LogP contribution in [0, 0.1) is 18.7 Å². The van der Waals surface area contributed by atoms with Gasteiger partial charge in [-0.3, -0.25) is 9.59 Å². The van der Waals surface area contributed by atoms with Crippen molar-refractivity contribution < 1.29 is 18.7 Å². The minimum atomic E-state index is -0.549. The number of aromatic nitrogens is 2. The summed E-state index contributed by atoms with van der Waals surface area (Å²) in [5.74, 6) is 0.935. The van der Waals surface area contributed by atoms with Gasteiger partial charge in [0.15, 0.2) is 0 Å². The van der Waals surface area contributed by atoms with Gasteiger partial charge in [0.2, 0.25) is 17.7 Å². The quantitative estimate of drug-likeness (QED) is 0.571. The Morgan fingerprint density at radius 1 is 1.08 bits per heavy atom. The van der Waals surface area contributed by atoms with E-state index in [0.29, 0.717) is 29.7 Å². The number of hydrogen-bond donors (Lipinski definition) is 2. The Kier molecular flexibility index (Phi) is 8.51. The lowest BCUT2D eigenvalue weighted by Crippen LogP contribution is -2.55. The van der Waals surface area contributed by atoms with E-state index in [0.717, 1.165) is 38.5 Å². The second kappa shape index (κ2) is 11.8. The van der Waals surface area contributed by atoms with Crippen LogP contribution in [0.5, 0.6) is 11.6 Å². The van der Waals surface area contributed by atoms with Gasteiger partial charge >= 0.3 is 0 Å². The van der Waals surface area contributed by atoms with E-state index in [1.165, 1.54) is 18.6 Å². The lowest BCUT2D eigenvalue weighted by Gasteiger charge is -2.35. The Hall–Kier alpha value is -3.07. The number of halogens is 1. The highest BCUT2D eigenvalue weighted by molar-refractivity contribution is 5.90. The second-order valence-corrected chi connectivity index (χ2v) is 9.82. The van der Waals surface area contributed by atoms with Crippen LogP contribution in [-0.4, -0.2) is 52.4 Å². The average Bonchev–Trinajstić information content (AvgIpc) is 3.38. The number of nitrogens with zero attached hydrogens (tertiary/aromatic N) is 3. The molecule has 1 saturated heterocycles. The third-order valence-corrected chi connectivity index (χ3v) is 7.26. The summed E-state index contributed by atoms with van der Waals surface area (Å²) in [5, 5.41) is 6.03. The maximum absolute atomic E-state index is 13.9. The molecule has 8 nitrogen and oxygen atoms in total. The van der Waals surface area contributed by atoms with E-state index < -0.39 is 6.04 Å². The predicted molar refractivity (Wildman–Crippen MR) is 134 cm³/mol. The summed E-state index contributed by atoms with van der Waals surface area (Å²) in [6.07, 6.45) is 6.82. The summed E-state index contributed by atoms with van der Waals surface area (Å²) in [7, 11) is 1.74. The van der Waals surface area contributed by atoms with E-state index in [4.69, 9.17) is 4.74 Å². The number of aryl methyl sites for hydroxylation is 1. The van der Waals surface area contributed by atoms with Gasteiger partial charge in [-0.25, -0.2) is 9.37 Å². The molecule has 2 amide bonds. The van der Waals surface area contributed by atoms with Crippen molar-refractivity contribution in [2.75, 3.05) is 13.6 Å². The van der Waals surface area contributed by atoms with Crippen LogP contribution in [0.2, 0.25) is 0 Å². The fourth-order valence-electron chi connectivity index (χ4n) is 5.18. The predicted octanol–water partition coefficient (Wildman–Crippen LogP) is 4.05. The molecule has 2 fully saturated rings. The average molecular weight is 498 g/mol. The SMILES string of the molecule is CNC(C)C(=O)N[C@H](C(=O)N1CCCC1c1cc(Oc2ccc(F)cc2)nc(C)n1)C1CCCCC1. The molecule has 1 saturated carbocycles. The number of ether oxygens (including phenoxy) is 1. The first-order valence-corrected chi connectivity index (χ1v) is 12.9. The number of carbonyl (C=O) groups excluding carboxylic acids is 2. The van der Waals surface area contributed by atoms with Crippen molar-refractivity contribution in [3.63, 3.8) is 0 Å². The Morgan fingerprint density at radius 3 is 2.50 bits per heavy atom. The van der Waals surface area contributed by atoms with Gasteiger partial charge < -0.3 is 20.3 Å². The van der Waals surface area contributed by atoms with Crippen LogP contribution in [0.1, 0.15) is 69.4 Å². The molecule has 2 heterocycles. The normalized spacial score (nSPS) is 20.1. The first kappa shape index (κ1) is 26.0. The van der Waals surface area contributed by atoms with Gasteiger partial charge in [-0.1, -0.05) is 19.3 Å². The highest BCUT2D eigenvalue weighted by Gasteiger charge is 2.39. The summed E-state index contributed by atoms with van der Waals surface area (Å²) in [5.41, 5.74) is 0.711. The molecule has 1 aromatic heterocycles. The third-order valence-electron chi connectivity index (χ3n) is 7.26. The number of amides is 2. The highest BCUT2D eigenvalue weighted by atomic mass is 19.1. The van der Waals surface area contributed by atoms with Gasteiger partial charge in [0.25, 0.3) is 0 Å². The van der Waals surface area contributed by atoms with Gasteiger partial charge in [-0.15, -0.1) is 0 Å². The summed E-state index contributed by atoms with van der Waals surface area (Å²) < 4.78 is 19.1. The molecular formula is C27H36FN5O3. The van der Waals surface area contributed by atoms with Gasteiger partial charge in [-0.05, 0) is 76.8 Å². The van der Waals surface area contributed by atoms with Gasteiger partial charge in [-0.2, -0.15) is 4.98 Å². The minimum Gasteiger partial charge on any atom is -0.439 e. The van der Waals surface area contributed by atoms with Crippen LogP contribution in [0.4, 0.5) is 4.39 Å². The van der Waals surface area contributed by atoms with Crippen LogP contribution in [0.3, 0.4) is 0 Å². The van der Waals surface area contributed by atoms with Crippen molar-refractivity contribution in [3.05, 3.63) is 47.7 Å². The summed E-state index contributed by atoms with van der Waals surface area (Å²) in [4.78, 5) is 37.6. The molecule has 2 aromatic rings. The minimum absolute atomic E-state index is 0.0432. The molecule has 4 rings (SSSR count). The lowest BCUT2D eigenvalue weighted by atomic mass is 9.83. The molecule has 2 N–H and O–H groups in total. The van der Waals surface area contributed by atoms with E-state index in [2.05, 4.69) is 20.6 Å². The number of carbonyl (C=O) groups is 2. The second-order valence-electron chi connectivity index (χ2n) is 9.82. The van der Waals surface area contributed by atoms with E-state index >= 15 is 0 Å². The standard InChI is InChI=1S/C27H36FN5O3/c1-17(29-3)26(34)32-25(19-8-5-4-6-9-19)27(35)33-15-7-10-23(33)22-16-24(31-18(2)30-22)36-21-13-11-20(28)12-14-21/h11-14,16-17,19,23,25,29H,4-10,15H2,1-3H3,(H,32,34)/t17?,23?,25-/m0/s1. The van der Waals surface area contributed by atoms with Gasteiger partial charge in [0.1, 0.15) is 23.4 Å². The van der Waals surface area contributed by atoms with E-state index in [1.54, 1.807) is 39.1 Å². The topological polar surface area (TPSA) is 96.5 Å². The number of likely N-dealkylation sites (N-methyl/N-ethyl adjacent to an activating group) is 1. The van der Waals surface area contributed by atoms with E-state index in [9.17, 15) is 14.0 Å². The van der Waals surface area contributed by atoms with Crippen LogP contribution >= 0.6 is 0 Å². The summed E-state index contributed by atoms with van der Waals surface area (Å²) >= 11 is 0. The van der Waals surface area contributed by atoms with Crippen molar-refractivity contribution in [1.82, 2.24) is 25.5 Å². The Labute approximate surface area is 212 Å². The maximum Gasteiger partial charge on any atom is 0.246 e. The summed E-state index contributed by atoms with van der Waals surface area (Å²) in [6, 6.07) is 6.35. The molecule has 0 bridgehead atoms. The van der Waals surface area contributed by atoms with Crippen LogP contribution in [0.15, 0.2) is 30.3 Å². The molecule has 1 aliphatic heterocycles. The number of likely N-dealkylation sites (tertiary alicyclic amines) is 1. The van der Waals surface area contributed by atoms with E-state index in [1.807, 2.05) is 4.90 Å². The largest absolute Gasteiger partial charge is 0.439 e. The smallest absolute Gasteiger partial charge is 0.246 e. The van der Waals surface area contributed by atoms with Crippen LogP contribution in [0.25, 0.3) is 0 Å². The first-order valence-electron chi connectivity index (χ1n) is 12.9. The third kappa shape index (κ3) is 6.19. The molecule has 36 heavy (non-hydrogen) atoms. The summed E-state index contributed by atoms with van der Waals surface area (Å²) in [6.45, 7) is 4.19. The zero-order valence-electron chi connectivity index (χ0n) is 21.3. The molecular weight excluding hydrogens is 461 g/mol. The number of nitrogens with one attached hydrogen (secondary N) is 2. The maximum atomic E-state index is 13.9. The molecule has 2 unspecified atom stereocenters. The fraction of sp³-hybridized carbons (Fsp3) is 0.556. The van der Waals surface area contributed by atoms with Crippen LogP contribution in [-0.2, 0) is 9.59 Å². The highest BCUT2D eigenvalue weighted by Crippen LogP contribution is 2.35. The zero-order chi connectivity index (χ0) is 25.7. The number of hydrogen-bond acceptors (Lipinski definition) is 6. The first-order chi connectivity index (χ1) is 17.4. The van der Waals surface area contributed by atoms with Crippen molar-refractivity contribution in [3.8, 4) is 11.6 Å². The Balaban J connectivity index is 1.56. The van der Waals surface area contributed by atoms with Crippen molar-refractivity contribution in [1.29, 1.82) is 0 Å². The molecule has 194 valence electrons. The molecule has 1 aliphatic carbocycles. The Bertz CT molecular complexity index is 1060. The number of rotatable bonds is 8. The van der Waals surface area contributed by atoms with Crippen molar-refractivity contribution in [2.45, 2.75) is 76.9 Å². The lowest BCUT2D eigenvalue weighted by molar-refractivity contribution is -0.139. The molecule has 1 aromatic carbocycles. The fourth-order valence-corrected chi connectivity index (χ4v) is 5.18. The van der Waals surface area contributed by atoms with E-state index in [-0.39, 0.29) is 35.6 Å². The molecule has 2 aliphatic rings. The zero-order valence-corrected chi connectivity index (χ0v) is 21.3. The molecule has 9 heteroatoms. The Morgan fingerprint density at radius 2 is 1.81 bits per heavy atom.